The minimum absolute atomic E-state index is 0.0202. The number of rotatable bonds is 2. The van der Waals surface area contributed by atoms with E-state index < -0.39 is 12.1 Å². The normalized spacial score (nSPS) is 10.0. The molecule has 76 valence electrons. The van der Waals surface area contributed by atoms with Gasteiger partial charge in [-0.15, -0.1) is 0 Å². The summed E-state index contributed by atoms with van der Waals surface area (Å²) in [5, 5.41) is 7.21. The predicted molar refractivity (Wildman–Crippen MR) is 50.5 cm³/mol. The second-order valence-corrected chi connectivity index (χ2v) is 3.38. The molecular weight excluding hydrogens is 170 g/mol. The summed E-state index contributed by atoms with van der Waals surface area (Å²) in [5.41, 5.74) is 0. The molecule has 0 fully saturated rings. The minimum Gasteiger partial charge on any atom is -0.336 e. The van der Waals surface area contributed by atoms with E-state index in [4.69, 9.17) is 0 Å². The van der Waals surface area contributed by atoms with Gasteiger partial charge in [0.1, 0.15) is 0 Å². The van der Waals surface area contributed by atoms with Gasteiger partial charge in [-0.2, -0.15) is 0 Å². The van der Waals surface area contributed by atoms with Gasteiger partial charge in [-0.3, -0.25) is 5.32 Å². The van der Waals surface area contributed by atoms with Gasteiger partial charge in [0.25, 0.3) is 0 Å². The summed E-state index contributed by atoms with van der Waals surface area (Å²) in [7, 11) is 0. The van der Waals surface area contributed by atoms with Crippen molar-refractivity contribution in [2.24, 2.45) is 0 Å². The lowest BCUT2D eigenvalue weighted by atomic mass is 10.4. The van der Waals surface area contributed by atoms with Crippen LogP contribution in [0.25, 0.3) is 0 Å². The van der Waals surface area contributed by atoms with Gasteiger partial charge in [-0.1, -0.05) is 0 Å². The third-order valence-electron chi connectivity index (χ3n) is 1.07. The fraction of sp³-hybridized carbons (Fsp3) is 0.750. The number of nitrogens with one attached hydrogen (secondary N) is 3. The molecule has 0 saturated carbocycles. The van der Waals surface area contributed by atoms with Gasteiger partial charge < -0.3 is 10.6 Å². The first-order valence-corrected chi connectivity index (χ1v) is 4.29. The number of hydrogen-bond donors (Lipinski definition) is 3. The monoisotopic (exact) mass is 187 g/mol. The van der Waals surface area contributed by atoms with Crippen molar-refractivity contribution in [1.82, 2.24) is 16.0 Å². The summed E-state index contributed by atoms with van der Waals surface area (Å²) in [6.45, 7) is 7.28. The maximum atomic E-state index is 11.0. The van der Waals surface area contributed by atoms with E-state index in [1.165, 1.54) is 0 Å². The lowest BCUT2D eigenvalue weighted by molar-refractivity contribution is 0.224. The Balaban J connectivity index is 3.72. The summed E-state index contributed by atoms with van der Waals surface area (Å²) < 4.78 is 0. The van der Waals surface area contributed by atoms with Crippen molar-refractivity contribution in [2.75, 3.05) is 0 Å². The van der Waals surface area contributed by atoms with Crippen LogP contribution >= 0.6 is 0 Å². The Hall–Kier alpha value is -1.26. The Morgan fingerprint density at radius 1 is 0.846 bits per heavy atom. The van der Waals surface area contributed by atoms with E-state index in [1.807, 2.05) is 27.7 Å². The van der Waals surface area contributed by atoms with Crippen LogP contribution in [0.4, 0.5) is 9.59 Å². The largest absolute Gasteiger partial charge is 0.336 e. The van der Waals surface area contributed by atoms with Gasteiger partial charge in [0, 0.05) is 12.1 Å². The summed E-state index contributed by atoms with van der Waals surface area (Å²) in [5.74, 6) is 0. The Bertz CT molecular complexity index is 170. The summed E-state index contributed by atoms with van der Waals surface area (Å²) in [4.78, 5) is 21.9. The molecule has 4 amide bonds. The van der Waals surface area contributed by atoms with Gasteiger partial charge in [0.2, 0.25) is 0 Å². The van der Waals surface area contributed by atoms with Crippen molar-refractivity contribution >= 4 is 12.1 Å². The third kappa shape index (κ3) is 7.11. The number of carbonyl (C=O) groups is 2. The molecule has 0 aliphatic heterocycles. The molecule has 0 aliphatic rings. The highest BCUT2D eigenvalue weighted by Gasteiger charge is 2.08. The number of carbonyl (C=O) groups excluding carboxylic acids is 2. The first-order chi connectivity index (χ1) is 5.91. The van der Waals surface area contributed by atoms with Crippen LogP contribution in [0, 0.1) is 0 Å². The van der Waals surface area contributed by atoms with Crippen molar-refractivity contribution in [2.45, 2.75) is 39.8 Å². The molecule has 0 bridgehead atoms. The molecular formula is C8H17N3O2. The predicted octanol–water partition coefficient (Wildman–Crippen LogP) is 0.812. The number of imide groups is 1. The van der Waals surface area contributed by atoms with Crippen LogP contribution in [0.3, 0.4) is 0 Å². The highest BCUT2D eigenvalue weighted by molar-refractivity contribution is 5.93. The summed E-state index contributed by atoms with van der Waals surface area (Å²) in [6.07, 6.45) is 0. The molecule has 13 heavy (non-hydrogen) atoms. The SMILES string of the molecule is CC(C)NC(=O)NC(=O)NC(C)C. The molecule has 0 aromatic rings. The lowest BCUT2D eigenvalue weighted by Gasteiger charge is -2.11. The molecule has 0 atom stereocenters. The lowest BCUT2D eigenvalue weighted by Crippen LogP contribution is -2.48. The van der Waals surface area contributed by atoms with Crippen molar-refractivity contribution < 1.29 is 9.59 Å². The quantitative estimate of drug-likeness (QED) is 0.598. The molecule has 0 aromatic heterocycles. The third-order valence-corrected chi connectivity index (χ3v) is 1.07. The van der Waals surface area contributed by atoms with Crippen molar-refractivity contribution in [3.8, 4) is 0 Å². The smallest absolute Gasteiger partial charge is 0.323 e. The fourth-order valence-electron chi connectivity index (χ4n) is 0.700. The molecule has 0 rings (SSSR count). The average molecular weight is 187 g/mol. The fourth-order valence-corrected chi connectivity index (χ4v) is 0.700. The average Bonchev–Trinajstić information content (AvgIpc) is 1.80. The number of hydrogen-bond acceptors (Lipinski definition) is 2. The first-order valence-electron chi connectivity index (χ1n) is 4.29. The highest BCUT2D eigenvalue weighted by Crippen LogP contribution is 1.78. The molecule has 0 spiro atoms. The molecule has 0 unspecified atom stereocenters. The molecule has 5 heteroatoms. The van der Waals surface area contributed by atoms with Crippen LogP contribution in [0.2, 0.25) is 0 Å². The Morgan fingerprint density at radius 2 is 1.15 bits per heavy atom. The molecule has 0 heterocycles. The van der Waals surface area contributed by atoms with Crippen molar-refractivity contribution in [3.05, 3.63) is 0 Å². The van der Waals surface area contributed by atoms with Gasteiger partial charge >= 0.3 is 12.1 Å². The first kappa shape index (κ1) is 11.7. The van der Waals surface area contributed by atoms with Crippen LogP contribution < -0.4 is 16.0 Å². The van der Waals surface area contributed by atoms with Crippen molar-refractivity contribution in [3.63, 3.8) is 0 Å². The molecule has 5 nitrogen and oxygen atoms in total. The van der Waals surface area contributed by atoms with Gasteiger partial charge in [-0.05, 0) is 27.7 Å². The zero-order chi connectivity index (χ0) is 10.4. The van der Waals surface area contributed by atoms with Gasteiger partial charge in [0.05, 0.1) is 0 Å². The van der Waals surface area contributed by atoms with E-state index in [9.17, 15) is 9.59 Å². The van der Waals surface area contributed by atoms with Crippen LogP contribution in [-0.2, 0) is 0 Å². The van der Waals surface area contributed by atoms with E-state index in [-0.39, 0.29) is 12.1 Å². The van der Waals surface area contributed by atoms with Crippen molar-refractivity contribution in [1.29, 1.82) is 0 Å². The molecule has 0 radical (unpaired) electrons. The standard InChI is InChI=1S/C8H17N3O2/c1-5(2)9-7(12)11-8(13)10-6(3)4/h5-6H,1-4H3,(H3,9,10,11,12,13). The Kier molecular flexibility index (Phi) is 4.87. The molecule has 0 aromatic carbocycles. The summed E-state index contributed by atoms with van der Waals surface area (Å²) in [6, 6.07) is -0.917. The second kappa shape index (κ2) is 5.40. The second-order valence-electron chi connectivity index (χ2n) is 3.38. The zero-order valence-corrected chi connectivity index (χ0v) is 8.47. The summed E-state index contributed by atoms with van der Waals surface area (Å²) >= 11 is 0. The van der Waals surface area contributed by atoms with E-state index in [1.54, 1.807) is 0 Å². The Morgan fingerprint density at radius 3 is 1.38 bits per heavy atom. The van der Waals surface area contributed by atoms with E-state index in [0.29, 0.717) is 0 Å². The zero-order valence-electron chi connectivity index (χ0n) is 8.47. The van der Waals surface area contributed by atoms with Crippen LogP contribution in [0.1, 0.15) is 27.7 Å². The van der Waals surface area contributed by atoms with Crippen LogP contribution in [0.15, 0.2) is 0 Å². The minimum atomic E-state index is -0.479. The van der Waals surface area contributed by atoms with Crippen LogP contribution in [0.5, 0.6) is 0 Å². The number of urea groups is 2. The Labute approximate surface area is 78.3 Å². The van der Waals surface area contributed by atoms with Gasteiger partial charge in [0.15, 0.2) is 0 Å². The number of amides is 4. The molecule has 3 N–H and O–H groups in total. The van der Waals surface area contributed by atoms with Crippen LogP contribution in [-0.4, -0.2) is 24.1 Å². The molecule has 0 saturated heterocycles. The van der Waals surface area contributed by atoms with Gasteiger partial charge in [-0.25, -0.2) is 9.59 Å². The van der Waals surface area contributed by atoms with E-state index >= 15 is 0 Å². The van der Waals surface area contributed by atoms with E-state index in [2.05, 4.69) is 16.0 Å². The van der Waals surface area contributed by atoms with E-state index in [0.717, 1.165) is 0 Å². The maximum absolute atomic E-state index is 11.0. The molecule has 0 aliphatic carbocycles. The highest BCUT2D eigenvalue weighted by atomic mass is 16.2. The maximum Gasteiger partial charge on any atom is 0.323 e. The topological polar surface area (TPSA) is 70.2 Å².